The van der Waals surface area contributed by atoms with Gasteiger partial charge in [-0.25, -0.2) is 4.79 Å². The predicted molar refractivity (Wildman–Crippen MR) is 77.7 cm³/mol. The van der Waals surface area contributed by atoms with Crippen LogP contribution in [0.2, 0.25) is 0 Å². The monoisotopic (exact) mass is 298 g/mol. The number of carbonyl (C=O) groups is 2. The third kappa shape index (κ3) is 3.21. The summed E-state index contributed by atoms with van der Waals surface area (Å²) in [4.78, 5) is 24.4. The maximum absolute atomic E-state index is 12.7. The molecule has 0 aromatic carbocycles. The van der Waals surface area contributed by atoms with Crippen molar-refractivity contribution in [2.45, 2.75) is 51.0 Å². The topological polar surface area (TPSA) is 102 Å². The number of carboxylic acid groups (broad SMARTS) is 1. The summed E-state index contributed by atoms with van der Waals surface area (Å²) < 4.78 is 5.23. The molecule has 4 N–H and O–H groups in total. The summed E-state index contributed by atoms with van der Waals surface area (Å²) in [6.07, 6.45) is 4.03. The summed E-state index contributed by atoms with van der Waals surface area (Å²) in [7, 11) is 0. The van der Waals surface area contributed by atoms with Crippen LogP contribution in [-0.2, 0) is 14.3 Å². The number of ether oxygens (including phenoxy) is 1. The molecule has 0 aromatic heterocycles. The number of carboxylic acids is 1. The number of rotatable bonds is 4. The van der Waals surface area contributed by atoms with E-state index in [4.69, 9.17) is 10.5 Å². The first kappa shape index (κ1) is 16.2. The smallest absolute Gasteiger partial charge is 0.329 e. The largest absolute Gasteiger partial charge is 0.480 e. The quantitative estimate of drug-likeness (QED) is 0.715. The molecule has 1 saturated heterocycles. The van der Waals surface area contributed by atoms with Gasteiger partial charge < -0.3 is 20.9 Å². The molecule has 0 aromatic rings. The first-order chi connectivity index (χ1) is 9.94. The van der Waals surface area contributed by atoms with Gasteiger partial charge in [0.25, 0.3) is 0 Å². The van der Waals surface area contributed by atoms with Crippen LogP contribution in [0.4, 0.5) is 0 Å². The average Bonchev–Trinajstić information content (AvgIpc) is 2.49. The van der Waals surface area contributed by atoms with Crippen LogP contribution in [0.15, 0.2) is 0 Å². The van der Waals surface area contributed by atoms with Crippen LogP contribution >= 0.6 is 0 Å². The minimum Gasteiger partial charge on any atom is -0.480 e. The summed E-state index contributed by atoms with van der Waals surface area (Å²) in [6.45, 7) is 3.17. The zero-order valence-corrected chi connectivity index (χ0v) is 12.7. The van der Waals surface area contributed by atoms with Crippen LogP contribution in [0.5, 0.6) is 0 Å². The molecule has 0 bridgehead atoms. The highest BCUT2D eigenvalue weighted by Gasteiger charge is 2.47. The van der Waals surface area contributed by atoms with Crippen LogP contribution < -0.4 is 11.1 Å². The van der Waals surface area contributed by atoms with Crippen molar-refractivity contribution >= 4 is 11.9 Å². The van der Waals surface area contributed by atoms with Gasteiger partial charge >= 0.3 is 5.97 Å². The fourth-order valence-corrected chi connectivity index (χ4v) is 3.30. The van der Waals surface area contributed by atoms with E-state index in [9.17, 15) is 14.7 Å². The molecule has 6 nitrogen and oxygen atoms in total. The van der Waals surface area contributed by atoms with E-state index in [0.29, 0.717) is 32.0 Å². The van der Waals surface area contributed by atoms with Gasteiger partial charge in [0.2, 0.25) is 5.91 Å². The molecule has 120 valence electrons. The highest BCUT2D eigenvalue weighted by atomic mass is 16.5. The molecule has 1 aliphatic carbocycles. The molecular weight excluding hydrogens is 272 g/mol. The number of aliphatic carboxylic acids is 1. The third-order valence-corrected chi connectivity index (χ3v) is 5.21. The Kier molecular flexibility index (Phi) is 4.88. The molecule has 0 radical (unpaired) electrons. The van der Waals surface area contributed by atoms with E-state index < -0.39 is 16.9 Å². The fraction of sp³-hybridized carbons (Fsp3) is 0.867. The minimum atomic E-state index is -1.19. The second-order valence-corrected chi connectivity index (χ2v) is 6.62. The lowest BCUT2D eigenvalue weighted by Gasteiger charge is -2.41. The van der Waals surface area contributed by atoms with Crippen molar-refractivity contribution in [2.75, 3.05) is 19.8 Å². The maximum Gasteiger partial charge on any atom is 0.329 e. The summed E-state index contributed by atoms with van der Waals surface area (Å²) in [5, 5.41) is 12.3. The molecule has 0 atom stereocenters. The Labute approximate surface area is 125 Å². The number of nitrogens with two attached hydrogens (primary N) is 1. The Hall–Kier alpha value is -1.14. The summed E-state index contributed by atoms with van der Waals surface area (Å²) in [5.41, 5.74) is 4.08. The van der Waals surface area contributed by atoms with Gasteiger partial charge in [0.15, 0.2) is 0 Å². The second-order valence-electron chi connectivity index (χ2n) is 6.62. The molecule has 2 rings (SSSR count). The van der Waals surface area contributed by atoms with E-state index in [1.165, 1.54) is 0 Å². The zero-order chi connectivity index (χ0) is 15.5. The van der Waals surface area contributed by atoms with E-state index in [2.05, 4.69) is 12.2 Å². The van der Waals surface area contributed by atoms with Crippen LogP contribution in [0, 0.1) is 11.3 Å². The Morgan fingerprint density at radius 1 is 1.24 bits per heavy atom. The van der Waals surface area contributed by atoms with E-state index >= 15 is 0 Å². The van der Waals surface area contributed by atoms with Gasteiger partial charge in [0.1, 0.15) is 5.54 Å². The molecule has 1 heterocycles. The van der Waals surface area contributed by atoms with Crippen molar-refractivity contribution in [1.82, 2.24) is 5.32 Å². The lowest BCUT2D eigenvalue weighted by atomic mass is 9.69. The normalized spacial score (nSPS) is 32.4. The highest BCUT2D eigenvalue weighted by Crippen LogP contribution is 2.39. The SMILES string of the molecule is CC1CCC(CN)(C(=O)NC2(C(=O)O)CCOCC2)CC1. The number of nitrogens with one attached hydrogen (secondary N) is 1. The van der Waals surface area contributed by atoms with E-state index in [1.807, 2.05) is 0 Å². The number of amides is 1. The van der Waals surface area contributed by atoms with Crippen molar-refractivity contribution in [3.05, 3.63) is 0 Å². The van der Waals surface area contributed by atoms with Gasteiger partial charge in [-0.05, 0) is 31.6 Å². The van der Waals surface area contributed by atoms with Gasteiger partial charge in [0, 0.05) is 32.6 Å². The zero-order valence-electron chi connectivity index (χ0n) is 12.7. The molecule has 21 heavy (non-hydrogen) atoms. The Bertz CT molecular complexity index is 396. The van der Waals surface area contributed by atoms with E-state index in [-0.39, 0.29) is 12.5 Å². The summed E-state index contributed by atoms with van der Waals surface area (Å²) in [5.74, 6) is -0.564. The molecule has 0 spiro atoms. The molecule has 0 unspecified atom stereocenters. The van der Waals surface area contributed by atoms with Crippen molar-refractivity contribution in [2.24, 2.45) is 17.1 Å². The average molecular weight is 298 g/mol. The fourth-order valence-electron chi connectivity index (χ4n) is 3.30. The number of hydrogen-bond acceptors (Lipinski definition) is 4. The maximum atomic E-state index is 12.7. The van der Waals surface area contributed by atoms with Gasteiger partial charge in [0.05, 0.1) is 5.41 Å². The standard InChI is InChI=1S/C15H26N2O4/c1-11-2-4-14(10-16,5-3-11)12(18)17-15(13(19)20)6-8-21-9-7-15/h11H,2-10,16H2,1H3,(H,17,18)(H,19,20). The number of carbonyl (C=O) groups excluding carboxylic acids is 1. The van der Waals surface area contributed by atoms with Crippen LogP contribution in [0.3, 0.4) is 0 Å². The number of hydrogen-bond donors (Lipinski definition) is 3. The Morgan fingerprint density at radius 2 is 1.81 bits per heavy atom. The van der Waals surface area contributed by atoms with E-state index in [0.717, 1.165) is 25.7 Å². The van der Waals surface area contributed by atoms with Gasteiger partial charge in [-0.3, -0.25) is 4.79 Å². The Morgan fingerprint density at radius 3 is 2.29 bits per heavy atom. The van der Waals surface area contributed by atoms with Crippen molar-refractivity contribution in [3.63, 3.8) is 0 Å². The van der Waals surface area contributed by atoms with Gasteiger partial charge in [-0.15, -0.1) is 0 Å². The molecule has 2 fully saturated rings. The van der Waals surface area contributed by atoms with Crippen LogP contribution in [0.1, 0.15) is 45.4 Å². The first-order valence-electron chi connectivity index (χ1n) is 7.78. The van der Waals surface area contributed by atoms with Crippen LogP contribution in [-0.4, -0.2) is 42.3 Å². The van der Waals surface area contributed by atoms with Crippen LogP contribution in [0.25, 0.3) is 0 Å². The predicted octanol–water partition coefficient (Wildman–Crippen LogP) is 0.892. The molecule has 2 aliphatic rings. The van der Waals surface area contributed by atoms with E-state index in [1.54, 1.807) is 0 Å². The Balaban J connectivity index is 2.12. The molecule has 1 saturated carbocycles. The van der Waals surface area contributed by atoms with Crippen molar-refractivity contribution in [1.29, 1.82) is 0 Å². The summed E-state index contributed by atoms with van der Waals surface area (Å²) in [6, 6.07) is 0. The lowest BCUT2D eigenvalue weighted by molar-refractivity contribution is -0.154. The molecule has 1 amide bonds. The van der Waals surface area contributed by atoms with Gasteiger partial charge in [-0.2, -0.15) is 0 Å². The molecule has 1 aliphatic heterocycles. The second kappa shape index (κ2) is 6.32. The van der Waals surface area contributed by atoms with Gasteiger partial charge in [-0.1, -0.05) is 6.92 Å². The van der Waals surface area contributed by atoms with Crippen molar-refractivity contribution < 1.29 is 19.4 Å². The minimum absolute atomic E-state index is 0.193. The molecular formula is C15H26N2O4. The molecule has 6 heteroatoms. The van der Waals surface area contributed by atoms with Crippen molar-refractivity contribution in [3.8, 4) is 0 Å². The summed E-state index contributed by atoms with van der Waals surface area (Å²) >= 11 is 0. The highest BCUT2D eigenvalue weighted by molar-refractivity contribution is 5.90. The lowest BCUT2D eigenvalue weighted by Crippen LogP contribution is -2.61. The third-order valence-electron chi connectivity index (χ3n) is 5.21. The first-order valence-corrected chi connectivity index (χ1v) is 7.78.